The predicted molar refractivity (Wildman–Crippen MR) is 146 cm³/mol. The lowest BCUT2D eigenvalue weighted by atomic mass is 10.1. The van der Waals surface area contributed by atoms with Crippen LogP contribution >= 0.6 is 28.3 Å². The van der Waals surface area contributed by atoms with Crippen molar-refractivity contribution in [3.63, 3.8) is 0 Å². The van der Waals surface area contributed by atoms with E-state index in [-0.39, 0.29) is 12.4 Å². The molecular formula is C26H27BrClN7O. The summed E-state index contributed by atoms with van der Waals surface area (Å²) in [4.78, 5) is 9.50. The molecule has 1 saturated heterocycles. The van der Waals surface area contributed by atoms with Crippen molar-refractivity contribution < 1.29 is 4.74 Å². The van der Waals surface area contributed by atoms with Crippen LogP contribution in [0.4, 0.5) is 17.5 Å². The standard InChI is InChI=1S/C26H26BrN7O.ClH/c1-4-34(33-11-5-6-12-33)24-22(27)25(35-23-17(2)13-20(16-29)14-18(23)3)32-26(31-24)30-21-9-7-19(15-28)8-10-21;/h7-10,13-14H,4-6,11-12H2,1-3H3,(H,30,31,32);1H. The Morgan fingerprint density at radius 2 is 1.64 bits per heavy atom. The maximum Gasteiger partial charge on any atom is 0.240 e. The van der Waals surface area contributed by atoms with Crippen molar-refractivity contribution in [2.45, 2.75) is 33.6 Å². The van der Waals surface area contributed by atoms with E-state index < -0.39 is 0 Å². The maximum absolute atomic E-state index is 9.29. The third-order valence-electron chi connectivity index (χ3n) is 5.83. The molecule has 8 nitrogen and oxygen atoms in total. The van der Waals surface area contributed by atoms with E-state index in [0.717, 1.165) is 49.3 Å². The highest BCUT2D eigenvalue weighted by Gasteiger charge is 2.26. The van der Waals surface area contributed by atoms with Gasteiger partial charge in [0.2, 0.25) is 11.8 Å². The molecule has 1 aromatic heterocycles. The Kier molecular flexibility index (Phi) is 9.11. The van der Waals surface area contributed by atoms with Crippen molar-refractivity contribution in [3.8, 4) is 23.8 Å². The molecule has 0 saturated carbocycles. The van der Waals surface area contributed by atoms with Crippen LogP contribution in [0.1, 0.15) is 42.0 Å². The van der Waals surface area contributed by atoms with Gasteiger partial charge in [-0.2, -0.15) is 20.5 Å². The molecule has 1 fully saturated rings. The number of ether oxygens (including phenoxy) is 1. The van der Waals surface area contributed by atoms with Gasteiger partial charge in [-0.05, 0) is 97.1 Å². The van der Waals surface area contributed by atoms with Crippen LogP contribution in [0.15, 0.2) is 40.9 Å². The van der Waals surface area contributed by atoms with Crippen LogP contribution in [0.2, 0.25) is 0 Å². The van der Waals surface area contributed by atoms with Crippen molar-refractivity contribution in [2.75, 3.05) is 30.0 Å². The fourth-order valence-electron chi connectivity index (χ4n) is 4.17. The van der Waals surface area contributed by atoms with Gasteiger partial charge in [0.05, 0.1) is 23.3 Å². The van der Waals surface area contributed by atoms with Gasteiger partial charge in [-0.1, -0.05) is 0 Å². The van der Waals surface area contributed by atoms with E-state index in [2.05, 4.69) is 55.3 Å². The topological polar surface area (TPSA) is 101 Å². The van der Waals surface area contributed by atoms with Crippen LogP contribution in [-0.2, 0) is 0 Å². The van der Waals surface area contributed by atoms with Gasteiger partial charge in [-0.15, -0.1) is 12.4 Å². The molecule has 2 aromatic carbocycles. The molecule has 0 amide bonds. The number of hydrogen-bond acceptors (Lipinski definition) is 8. The third kappa shape index (κ3) is 5.88. The number of nitrogens with one attached hydrogen (secondary N) is 1. The summed E-state index contributed by atoms with van der Waals surface area (Å²) in [5.41, 5.74) is 3.63. The number of halogens is 2. The SMILES string of the molecule is CCN(c1nc(Nc2ccc(C#N)cc2)nc(Oc2c(C)cc(C#N)cc2C)c1Br)N1CCCC1.Cl. The number of hydrogen-bond donors (Lipinski definition) is 1. The summed E-state index contributed by atoms with van der Waals surface area (Å²) in [7, 11) is 0. The second kappa shape index (κ2) is 12.0. The second-order valence-corrected chi connectivity index (χ2v) is 9.13. The summed E-state index contributed by atoms with van der Waals surface area (Å²) in [6, 6.07) is 15.0. The third-order valence-corrected chi connectivity index (χ3v) is 6.52. The molecule has 1 aliphatic rings. The van der Waals surface area contributed by atoms with Gasteiger partial charge >= 0.3 is 0 Å². The van der Waals surface area contributed by atoms with Crippen molar-refractivity contribution in [1.82, 2.24) is 15.0 Å². The van der Waals surface area contributed by atoms with Gasteiger partial charge in [-0.25, -0.2) is 5.01 Å². The number of hydrazine groups is 1. The molecule has 10 heteroatoms. The van der Waals surface area contributed by atoms with E-state index in [1.54, 1.807) is 24.3 Å². The van der Waals surface area contributed by atoms with Crippen LogP contribution in [0.5, 0.6) is 11.6 Å². The molecule has 0 spiro atoms. The van der Waals surface area contributed by atoms with Crippen molar-refractivity contribution >= 4 is 45.8 Å². The lowest BCUT2D eigenvalue weighted by molar-refractivity contribution is 0.308. The number of benzene rings is 2. The Morgan fingerprint density at radius 3 is 2.19 bits per heavy atom. The molecule has 4 rings (SSSR count). The molecule has 1 N–H and O–H groups in total. The van der Waals surface area contributed by atoms with Gasteiger partial charge < -0.3 is 10.1 Å². The number of nitrogens with zero attached hydrogens (tertiary/aromatic N) is 6. The molecule has 1 aliphatic heterocycles. The number of aryl methyl sites for hydroxylation is 2. The molecule has 2 heterocycles. The first-order valence-electron chi connectivity index (χ1n) is 11.5. The van der Waals surface area contributed by atoms with Gasteiger partial charge in [0.25, 0.3) is 0 Å². The smallest absolute Gasteiger partial charge is 0.240 e. The normalized spacial score (nSPS) is 12.8. The average molecular weight is 569 g/mol. The number of anilines is 3. The molecule has 186 valence electrons. The lowest BCUT2D eigenvalue weighted by Crippen LogP contribution is -2.41. The minimum atomic E-state index is 0. The summed E-state index contributed by atoms with van der Waals surface area (Å²) < 4.78 is 7.00. The molecule has 0 aliphatic carbocycles. The van der Waals surface area contributed by atoms with Crippen LogP contribution in [0.25, 0.3) is 0 Å². The van der Waals surface area contributed by atoms with Crippen LogP contribution < -0.4 is 15.1 Å². The fraction of sp³-hybridized carbons (Fsp3) is 0.308. The van der Waals surface area contributed by atoms with Gasteiger partial charge in [-0.3, -0.25) is 5.01 Å². The van der Waals surface area contributed by atoms with E-state index in [4.69, 9.17) is 15.0 Å². The summed E-state index contributed by atoms with van der Waals surface area (Å²) in [6.07, 6.45) is 2.28. The Labute approximate surface area is 226 Å². The van der Waals surface area contributed by atoms with Gasteiger partial charge in [0.15, 0.2) is 5.82 Å². The Morgan fingerprint density at radius 1 is 1.03 bits per heavy atom. The van der Waals surface area contributed by atoms with E-state index in [0.29, 0.717) is 39.0 Å². The molecule has 0 atom stereocenters. The summed E-state index contributed by atoms with van der Waals surface area (Å²) in [5, 5.41) is 26.1. The molecule has 3 aromatic rings. The Balaban J connectivity index is 0.00000361. The zero-order chi connectivity index (χ0) is 24.9. The first-order valence-corrected chi connectivity index (χ1v) is 12.3. The number of rotatable bonds is 7. The first kappa shape index (κ1) is 27.2. The van der Waals surface area contributed by atoms with E-state index in [9.17, 15) is 5.26 Å². The largest absolute Gasteiger partial charge is 0.437 e. The minimum Gasteiger partial charge on any atom is -0.437 e. The predicted octanol–water partition coefficient (Wildman–Crippen LogP) is 6.39. The first-order chi connectivity index (χ1) is 16.9. The molecule has 0 radical (unpaired) electrons. The zero-order valence-corrected chi connectivity index (χ0v) is 22.8. The lowest BCUT2D eigenvalue weighted by Gasteiger charge is -2.32. The summed E-state index contributed by atoms with van der Waals surface area (Å²) in [5.74, 6) is 2.12. The maximum atomic E-state index is 9.29. The Hall–Kier alpha value is -3.37. The van der Waals surface area contributed by atoms with Gasteiger partial charge in [0, 0.05) is 25.3 Å². The monoisotopic (exact) mass is 567 g/mol. The average Bonchev–Trinajstić information content (AvgIpc) is 3.39. The molecule has 36 heavy (non-hydrogen) atoms. The van der Waals surface area contributed by atoms with Crippen molar-refractivity contribution in [2.24, 2.45) is 0 Å². The minimum absolute atomic E-state index is 0. The van der Waals surface area contributed by atoms with E-state index >= 15 is 0 Å². The highest BCUT2D eigenvalue weighted by molar-refractivity contribution is 9.10. The van der Waals surface area contributed by atoms with Crippen LogP contribution in [0, 0.1) is 36.5 Å². The number of aromatic nitrogens is 2. The molecule has 0 bridgehead atoms. The highest BCUT2D eigenvalue weighted by atomic mass is 79.9. The molecule has 0 unspecified atom stereocenters. The molecular weight excluding hydrogens is 542 g/mol. The fourth-order valence-corrected chi connectivity index (χ4v) is 4.63. The van der Waals surface area contributed by atoms with E-state index in [1.807, 2.05) is 26.0 Å². The number of nitriles is 2. The van der Waals surface area contributed by atoms with Crippen LogP contribution in [0.3, 0.4) is 0 Å². The van der Waals surface area contributed by atoms with Crippen molar-refractivity contribution in [3.05, 3.63) is 63.1 Å². The Bertz CT molecular complexity index is 1290. The van der Waals surface area contributed by atoms with Crippen molar-refractivity contribution in [1.29, 1.82) is 10.5 Å². The van der Waals surface area contributed by atoms with Crippen LogP contribution in [-0.4, -0.2) is 34.6 Å². The quantitative estimate of drug-likeness (QED) is 0.350. The zero-order valence-electron chi connectivity index (χ0n) is 20.4. The van der Waals surface area contributed by atoms with Gasteiger partial charge in [0.1, 0.15) is 10.2 Å². The highest BCUT2D eigenvalue weighted by Crippen LogP contribution is 2.39. The summed E-state index contributed by atoms with van der Waals surface area (Å²) >= 11 is 3.71. The summed E-state index contributed by atoms with van der Waals surface area (Å²) in [6.45, 7) is 8.59. The van der Waals surface area contributed by atoms with E-state index in [1.165, 1.54) is 0 Å². The second-order valence-electron chi connectivity index (χ2n) is 8.33.